The summed E-state index contributed by atoms with van der Waals surface area (Å²) in [5.74, 6) is 0. The molecule has 0 heterocycles. The summed E-state index contributed by atoms with van der Waals surface area (Å²) in [6, 6.07) is 8.09. The molecule has 2 heteroatoms. The molecule has 0 aromatic heterocycles. The van der Waals surface area contributed by atoms with Crippen LogP contribution >= 0.6 is 16.1 Å². The van der Waals surface area contributed by atoms with Gasteiger partial charge in [0.05, 0.1) is 0 Å². The van der Waals surface area contributed by atoms with Crippen molar-refractivity contribution >= 4 is 21.8 Å². The maximum Gasteiger partial charge on any atom is 0.0470 e. The zero-order chi connectivity index (χ0) is 6.69. The molecule has 9 heavy (non-hydrogen) atoms. The van der Waals surface area contributed by atoms with Crippen molar-refractivity contribution < 1.29 is 0 Å². The predicted molar refractivity (Wildman–Crippen MR) is 43.7 cm³/mol. The Balaban J connectivity index is 3.01. The summed E-state index contributed by atoms with van der Waals surface area (Å²) < 4.78 is 2.91. The quantitative estimate of drug-likeness (QED) is 0.665. The van der Waals surface area contributed by atoms with E-state index in [0.29, 0.717) is 0 Å². The fourth-order valence-electron chi connectivity index (χ4n) is 0.679. The van der Waals surface area contributed by atoms with Gasteiger partial charge in [-0.25, -0.2) is 0 Å². The predicted octanol–water partition coefficient (Wildman–Crippen LogP) is 2.72. The molecule has 0 atom stereocenters. The Morgan fingerprint density at radius 2 is 2.00 bits per heavy atom. The van der Waals surface area contributed by atoms with Crippen LogP contribution in [0.4, 0.5) is 5.69 Å². The van der Waals surface area contributed by atoms with Crippen molar-refractivity contribution in [2.24, 2.45) is 0 Å². The van der Waals surface area contributed by atoms with Crippen LogP contribution in [0.25, 0.3) is 0 Å². The maximum atomic E-state index is 3.16. The molecule has 1 aromatic rings. The van der Waals surface area contributed by atoms with Crippen LogP contribution in [0.3, 0.4) is 0 Å². The highest BCUT2D eigenvalue weighted by molar-refractivity contribution is 9.10. The van der Waals surface area contributed by atoms with E-state index in [1.807, 2.05) is 18.2 Å². The van der Waals surface area contributed by atoms with Gasteiger partial charge in [-0.15, -0.1) is 0 Å². The van der Waals surface area contributed by atoms with Crippen molar-refractivity contribution in [3.63, 3.8) is 0 Å². The van der Waals surface area contributed by atoms with Crippen LogP contribution in [0.5, 0.6) is 0 Å². The molecule has 0 amide bonds. The lowest BCUT2D eigenvalue weighted by Gasteiger charge is -1.99. The molecule has 1 N–H and O–H groups in total. The Hall–Kier alpha value is -0.500. The molecule has 48 valence electrons. The van der Waals surface area contributed by atoms with Crippen LogP contribution in [-0.4, -0.2) is 0 Å². The summed E-state index contributed by atoms with van der Waals surface area (Å²) in [5.41, 5.74) is 2.37. The maximum absolute atomic E-state index is 3.16. The molecule has 0 bridgehead atoms. The summed E-state index contributed by atoms with van der Waals surface area (Å²) in [6.07, 6.45) is 0. The fraction of sp³-hybridized carbons (Fsp3) is 0.143. The van der Waals surface area contributed by atoms with Crippen LogP contribution in [0.1, 0.15) is 5.56 Å². The number of hydrogen-bond acceptors (Lipinski definition) is 1. The van der Waals surface area contributed by atoms with Crippen molar-refractivity contribution in [2.75, 3.05) is 4.34 Å². The van der Waals surface area contributed by atoms with E-state index in [1.54, 1.807) is 0 Å². The fourth-order valence-corrected chi connectivity index (χ4v) is 1.12. The van der Waals surface area contributed by atoms with Gasteiger partial charge in [-0.2, -0.15) is 0 Å². The third-order valence-electron chi connectivity index (χ3n) is 1.25. The Kier molecular flexibility index (Phi) is 2.11. The van der Waals surface area contributed by atoms with Crippen LogP contribution in [0.15, 0.2) is 24.3 Å². The van der Waals surface area contributed by atoms with Crippen LogP contribution < -0.4 is 4.34 Å². The van der Waals surface area contributed by atoms with E-state index in [-0.39, 0.29) is 0 Å². The number of halogens is 1. The first-order valence-corrected chi connectivity index (χ1v) is 3.56. The molecule has 0 unspecified atom stereocenters. The van der Waals surface area contributed by atoms with Crippen molar-refractivity contribution in [1.29, 1.82) is 0 Å². The van der Waals surface area contributed by atoms with E-state index in [9.17, 15) is 0 Å². The minimum Gasteiger partial charge on any atom is -0.322 e. The highest BCUT2D eigenvalue weighted by Gasteiger charge is 1.89. The van der Waals surface area contributed by atoms with E-state index in [2.05, 4.69) is 33.5 Å². The molecule has 1 aromatic carbocycles. The smallest absolute Gasteiger partial charge is 0.0470 e. The van der Waals surface area contributed by atoms with E-state index >= 15 is 0 Å². The van der Waals surface area contributed by atoms with E-state index < -0.39 is 0 Å². The van der Waals surface area contributed by atoms with E-state index in [0.717, 1.165) is 5.69 Å². The Bertz CT molecular complexity index is 198. The number of hydrogen-bond donors (Lipinski definition) is 1. The van der Waals surface area contributed by atoms with Crippen molar-refractivity contribution in [2.45, 2.75) is 6.92 Å². The monoisotopic (exact) mass is 185 g/mol. The van der Waals surface area contributed by atoms with E-state index in [1.165, 1.54) is 5.56 Å². The second kappa shape index (κ2) is 2.87. The van der Waals surface area contributed by atoms with E-state index in [4.69, 9.17) is 0 Å². The van der Waals surface area contributed by atoms with Gasteiger partial charge in [0.1, 0.15) is 0 Å². The standard InChI is InChI=1S/C7H8BrN/c1-6-4-2-3-5-7(6)9-8/h2-5,9H,1H3. The molecule has 1 rings (SSSR count). The number of benzene rings is 1. The highest BCUT2D eigenvalue weighted by Crippen LogP contribution is 2.13. The Labute approximate surface area is 63.4 Å². The van der Waals surface area contributed by atoms with Gasteiger partial charge >= 0.3 is 0 Å². The summed E-state index contributed by atoms with van der Waals surface area (Å²) in [6.45, 7) is 2.06. The van der Waals surface area contributed by atoms with Crippen LogP contribution in [-0.2, 0) is 0 Å². The minimum atomic E-state index is 1.12. The first kappa shape index (κ1) is 6.62. The molecular weight excluding hydrogens is 178 g/mol. The van der Waals surface area contributed by atoms with Gasteiger partial charge in [-0.3, -0.25) is 0 Å². The minimum absolute atomic E-state index is 1.12. The molecule has 0 aliphatic heterocycles. The largest absolute Gasteiger partial charge is 0.322 e. The lowest BCUT2D eigenvalue weighted by Crippen LogP contribution is -1.81. The molecule has 0 radical (unpaired) electrons. The molecule has 0 aliphatic carbocycles. The zero-order valence-corrected chi connectivity index (χ0v) is 6.77. The molecule has 0 saturated heterocycles. The van der Waals surface area contributed by atoms with Crippen LogP contribution in [0.2, 0.25) is 0 Å². The van der Waals surface area contributed by atoms with Gasteiger partial charge in [-0.05, 0) is 18.6 Å². The van der Waals surface area contributed by atoms with Gasteiger partial charge in [-0.1, -0.05) is 18.2 Å². The number of nitrogens with one attached hydrogen (secondary N) is 1. The van der Waals surface area contributed by atoms with Crippen LogP contribution in [0, 0.1) is 6.92 Å². The normalized spacial score (nSPS) is 9.11. The lowest BCUT2D eigenvalue weighted by atomic mass is 10.2. The summed E-state index contributed by atoms with van der Waals surface area (Å²) in [4.78, 5) is 0. The number of rotatable bonds is 1. The Morgan fingerprint density at radius 3 is 2.44 bits per heavy atom. The zero-order valence-electron chi connectivity index (χ0n) is 5.19. The topological polar surface area (TPSA) is 12.0 Å². The van der Waals surface area contributed by atoms with Crippen molar-refractivity contribution in [1.82, 2.24) is 0 Å². The molecule has 0 aliphatic rings. The molecule has 1 nitrogen and oxygen atoms in total. The lowest BCUT2D eigenvalue weighted by molar-refractivity contribution is 1.48. The van der Waals surface area contributed by atoms with Gasteiger partial charge in [0.25, 0.3) is 0 Å². The third kappa shape index (κ3) is 1.45. The van der Waals surface area contributed by atoms with Gasteiger partial charge < -0.3 is 4.34 Å². The first-order chi connectivity index (χ1) is 4.34. The average Bonchev–Trinajstić information content (AvgIpc) is 1.89. The van der Waals surface area contributed by atoms with Gasteiger partial charge in [0, 0.05) is 21.8 Å². The summed E-state index contributed by atoms with van der Waals surface area (Å²) >= 11 is 3.16. The molecule has 0 spiro atoms. The molecular formula is C7H8BrN. The average molecular weight is 186 g/mol. The second-order valence-electron chi connectivity index (χ2n) is 1.91. The number of aryl methyl sites for hydroxylation is 1. The van der Waals surface area contributed by atoms with Crippen molar-refractivity contribution in [3.05, 3.63) is 29.8 Å². The highest BCUT2D eigenvalue weighted by atomic mass is 79.9. The summed E-state index contributed by atoms with van der Waals surface area (Å²) in [5, 5.41) is 0. The second-order valence-corrected chi connectivity index (χ2v) is 2.31. The van der Waals surface area contributed by atoms with Gasteiger partial charge in [0.2, 0.25) is 0 Å². The number of para-hydroxylation sites is 1. The first-order valence-electron chi connectivity index (χ1n) is 2.77. The molecule has 0 saturated carbocycles. The SMILES string of the molecule is Cc1ccccc1NBr. The van der Waals surface area contributed by atoms with Crippen molar-refractivity contribution in [3.8, 4) is 0 Å². The number of anilines is 1. The van der Waals surface area contributed by atoms with Gasteiger partial charge in [0.15, 0.2) is 0 Å². The third-order valence-corrected chi connectivity index (χ3v) is 1.67. The summed E-state index contributed by atoms with van der Waals surface area (Å²) in [7, 11) is 0. The Morgan fingerprint density at radius 1 is 1.33 bits per heavy atom. The molecule has 0 fully saturated rings.